The third-order valence-electron chi connectivity index (χ3n) is 4.74. The van der Waals surface area contributed by atoms with Crippen LogP contribution in [0.15, 0.2) is 35.0 Å². The van der Waals surface area contributed by atoms with Gasteiger partial charge in [0.2, 0.25) is 0 Å². The zero-order valence-electron chi connectivity index (χ0n) is 13.3. The lowest BCUT2D eigenvalue weighted by molar-refractivity contribution is -0.137. The molecule has 0 saturated heterocycles. The highest BCUT2D eigenvalue weighted by Crippen LogP contribution is 2.49. The molecule has 1 aromatic carbocycles. The maximum Gasteiger partial charge on any atom is 0.416 e. The van der Waals surface area contributed by atoms with E-state index in [9.17, 15) is 13.2 Å². The highest BCUT2D eigenvalue weighted by Gasteiger charge is 2.45. The topological polar surface area (TPSA) is 69.6 Å². The summed E-state index contributed by atoms with van der Waals surface area (Å²) in [7, 11) is 1.69. The monoisotopic (exact) mass is 349 g/mol. The Morgan fingerprint density at radius 2 is 2.04 bits per heavy atom. The minimum Gasteiger partial charge on any atom is -0.332 e. The quantitative estimate of drug-likeness (QED) is 0.725. The Morgan fingerprint density at radius 1 is 1.24 bits per heavy atom. The van der Waals surface area contributed by atoms with Gasteiger partial charge in [-0.3, -0.25) is 0 Å². The smallest absolute Gasteiger partial charge is 0.332 e. The summed E-state index contributed by atoms with van der Waals surface area (Å²) in [6.45, 7) is 0. The highest BCUT2D eigenvalue weighted by atomic mass is 19.4. The van der Waals surface area contributed by atoms with Crippen molar-refractivity contribution in [2.24, 2.45) is 7.05 Å². The predicted octanol–water partition coefficient (Wildman–Crippen LogP) is 3.35. The summed E-state index contributed by atoms with van der Waals surface area (Å²) in [5, 5.41) is 11.6. The molecule has 1 fully saturated rings. The van der Waals surface area contributed by atoms with Gasteiger partial charge in [-0.1, -0.05) is 35.0 Å². The van der Waals surface area contributed by atoms with Crippen LogP contribution in [0.3, 0.4) is 0 Å². The summed E-state index contributed by atoms with van der Waals surface area (Å²) in [4.78, 5) is 4.42. The first-order valence-electron chi connectivity index (χ1n) is 7.77. The van der Waals surface area contributed by atoms with Crippen LogP contribution < -0.4 is 0 Å². The molecule has 1 aliphatic carbocycles. The van der Waals surface area contributed by atoms with E-state index >= 15 is 0 Å². The van der Waals surface area contributed by atoms with Crippen molar-refractivity contribution < 1.29 is 17.7 Å². The van der Waals surface area contributed by atoms with Crippen LogP contribution in [-0.4, -0.2) is 25.1 Å². The van der Waals surface area contributed by atoms with Crippen LogP contribution in [0.1, 0.15) is 36.2 Å². The largest absolute Gasteiger partial charge is 0.416 e. The van der Waals surface area contributed by atoms with Gasteiger partial charge in [0.1, 0.15) is 5.69 Å². The van der Waals surface area contributed by atoms with Gasteiger partial charge >= 0.3 is 6.18 Å². The Bertz CT molecular complexity index is 910. The first kappa shape index (κ1) is 15.8. The molecule has 2 heterocycles. The third kappa shape index (κ3) is 2.50. The summed E-state index contributed by atoms with van der Waals surface area (Å²) < 4.78 is 45.9. The molecular weight excluding hydrogens is 335 g/mol. The molecule has 0 amide bonds. The maximum atomic E-state index is 13.0. The van der Waals surface area contributed by atoms with Crippen LogP contribution in [0.25, 0.3) is 11.6 Å². The average molecular weight is 349 g/mol. The minimum atomic E-state index is -4.39. The lowest BCUT2D eigenvalue weighted by Gasteiger charge is -2.39. The average Bonchev–Trinajstić information content (AvgIpc) is 3.15. The lowest BCUT2D eigenvalue weighted by Crippen LogP contribution is -2.36. The van der Waals surface area contributed by atoms with E-state index < -0.39 is 17.2 Å². The molecule has 0 aliphatic heterocycles. The van der Waals surface area contributed by atoms with Gasteiger partial charge in [-0.15, -0.1) is 5.10 Å². The number of hydrogen-bond acceptors (Lipinski definition) is 5. The minimum absolute atomic E-state index is 0.251. The molecule has 25 heavy (non-hydrogen) atoms. The van der Waals surface area contributed by atoms with Gasteiger partial charge in [0.25, 0.3) is 5.89 Å². The number of alkyl halides is 3. The maximum absolute atomic E-state index is 13.0. The number of aryl methyl sites for hydroxylation is 1. The predicted molar refractivity (Wildman–Crippen MR) is 80.4 cm³/mol. The first-order chi connectivity index (χ1) is 11.9. The van der Waals surface area contributed by atoms with Gasteiger partial charge in [-0.05, 0) is 24.5 Å². The fourth-order valence-corrected chi connectivity index (χ4v) is 3.17. The van der Waals surface area contributed by atoms with E-state index in [-0.39, 0.29) is 5.89 Å². The van der Waals surface area contributed by atoms with Crippen molar-refractivity contribution >= 4 is 0 Å². The van der Waals surface area contributed by atoms with Crippen LogP contribution in [-0.2, 0) is 18.6 Å². The highest BCUT2D eigenvalue weighted by molar-refractivity contribution is 5.46. The normalized spacial score (nSPS) is 16.6. The molecule has 6 nitrogen and oxygen atoms in total. The van der Waals surface area contributed by atoms with Crippen molar-refractivity contribution in [3.8, 4) is 11.6 Å². The van der Waals surface area contributed by atoms with Gasteiger partial charge in [0, 0.05) is 7.05 Å². The summed E-state index contributed by atoms with van der Waals surface area (Å²) in [5.41, 5.74) is -0.202. The number of aromatic nitrogens is 5. The van der Waals surface area contributed by atoms with Crippen LogP contribution in [0.4, 0.5) is 13.2 Å². The Morgan fingerprint density at radius 3 is 2.64 bits per heavy atom. The third-order valence-corrected chi connectivity index (χ3v) is 4.74. The van der Waals surface area contributed by atoms with E-state index in [1.165, 1.54) is 23.0 Å². The van der Waals surface area contributed by atoms with Crippen molar-refractivity contribution in [2.45, 2.75) is 30.9 Å². The van der Waals surface area contributed by atoms with Crippen molar-refractivity contribution in [1.29, 1.82) is 0 Å². The number of nitrogens with zero attached hydrogens (tertiary/aromatic N) is 5. The molecule has 0 atom stereocenters. The van der Waals surface area contributed by atoms with Crippen molar-refractivity contribution in [3.05, 3.63) is 47.4 Å². The molecule has 130 valence electrons. The SMILES string of the molecule is Cn1nncc1-c1nc(C2(c3cccc(C(F)(F)F)c3)CCC2)no1. The van der Waals surface area contributed by atoms with Gasteiger partial charge in [0.05, 0.1) is 17.2 Å². The number of halogens is 3. The lowest BCUT2D eigenvalue weighted by atomic mass is 9.63. The van der Waals surface area contributed by atoms with Crippen LogP contribution in [0.2, 0.25) is 0 Å². The summed E-state index contributed by atoms with van der Waals surface area (Å²) in [6.07, 6.45) is -0.639. The van der Waals surface area contributed by atoms with E-state index in [2.05, 4.69) is 20.5 Å². The van der Waals surface area contributed by atoms with Gasteiger partial charge in [0.15, 0.2) is 5.82 Å². The van der Waals surface area contributed by atoms with E-state index in [0.717, 1.165) is 12.5 Å². The fourth-order valence-electron chi connectivity index (χ4n) is 3.17. The van der Waals surface area contributed by atoms with Gasteiger partial charge < -0.3 is 4.52 Å². The molecule has 0 radical (unpaired) electrons. The Kier molecular flexibility index (Phi) is 3.41. The Labute approximate surface area is 140 Å². The van der Waals surface area contributed by atoms with Crippen LogP contribution >= 0.6 is 0 Å². The second kappa shape index (κ2) is 5.40. The zero-order chi connectivity index (χ0) is 17.7. The Hall–Kier alpha value is -2.71. The Balaban J connectivity index is 1.76. The van der Waals surface area contributed by atoms with Gasteiger partial charge in [-0.25, -0.2) is 4.68 Å². The first-order valence-corrected chi connectivity index (χ1v) is 7.77. The number of hydrogen-bond donors (Lipinski definition) is 0. The van der Waals surface area contributed by atoms with E-state index in [0.29, 0.717) is 29.9 Å². The van der Waals surface area contributed by atoms with Crippen molar-refractivity contribution in [1.82, 2.24) is 25.1 Å². The molecular formula is C16H14F3N5O. The summed E-state index contributed by atoms with van der Waals surface area (Å²) in [5.74, 6) is 0.648. The molecule has 1 aliphatic rings. The van der Waals surface area contributed by atoms with Gasteiger partial charge in [-0.2, -0.15) is 18.2 Å². The summed E-state index contributed by atoms with van der Waals surface area (Å²) >= 11 is 0. The number of benzene rings is 1. The molecule has 2 aromatic heterocycles. The van der Waals surface area contributed by atoms with Crippen molar-refractivity contribution in [3.63, 3.8) is 0 Å². The molecule has 9 heteroatoms. The molecule has 4 rings (SSSR count). The molecule has 0 bridgehead atoms. The fraction of sp³-hybridized carbons (Fsp3) is 0.375. The van der Waals surface area contributed by atoms with Crippen LogP contribution in [0, 0.1) is 0 Å². The van der Waals surface area contributed by atoms with E-state index in [1.54, 1.807) is 13.1 Å². The second-order valence-electron chi connectivity index (χ2n) is 6.18. The molecule has 0 unspecified atom stereocenters. The van der Waals surface area contributed by atoms with Crippen molar-refractivity contribution in [2.75, 3.05) is 0 Å². The molecule has 3 aromatic rings. The standard InChI is InChI=1S/C16H14F3N5O/c1-24-12(9-20-23-24)13-21-14(22-25-13)15(6-3-7-15)10-4-2-5-11(8-10)16(17,18)19/h2,4-5,8-9H,3,6-7H2,1H3. The second-order valence-corrected chi connectivity index (χ2v) is 6.18. The van der Waals surface area contributed by atoms with E-state index in [4.69, 9.17) is 4.52 Å². The zero-order valence-corrected chi connectivity index (χ0v) is 13.3. The molecule has 0 spiro atoms. The summed E-state index contributed by atoms with van der Waals surface area (Å²) in [6, 6.07) is 5.36. The number of rotatable bonds is 3. The van der Waals surface area contributed by atoms with E-state index in [1.807, 2.05) is 0 Å². The molecule has 0 N–H and O–H groups in total. The molecule has 1 saturated carbocycles. The van der Waals surface area contributed by atoms with Crippen LogP contribution in [0.5, 0.6) is 0 Å².